The van der Waals surface area contributed by atoms with E-state index in [2.05, 4.69) is 181 Å². The molecular weight excluding hydrogens is 615 g/mol. The van der Waals surface area contributed by atoms with Crippen LogP contribution in [-0.4, -0.2) is 0 Å². The zero-order chi connectivity index (χ0) is 32.3. The second-order valence-electron chi connectivity index (χ2n) is 12.5. The molecule has 3 heteroatoms. The maximum atomic E-state index is 6.93. The van der Waals surface area contributed by atoms with Crippen molar-refractivity contribution in [2.24, 2.45) is 0 Å². The lowest BCUT2D eigenvalue weighted by Gasteiger charge is -2.26. The monoisotopic (exact) mass is 643 g/mol. The van der Waals surface area contributed by atoms with Gasteiger partial charge in [-0.3, -0.25) is 0 Å². The molecule has 2 aromatic heterocycles. The van der Waals surface area contributed by atoms with Crippen molar-refractivity contribution in [2.45, 2.75) is 0 Å². The zero-order valence-electron chi connectivity index (χ0n) is 26.5. The summed E-state index contributed by atoms with van der Waals surface area (Å²) in [6.45, 7) is 0. The molecule has 0 aliphatic carbocycles. The summed E-state index contributed by atoms with van der Waals surface area (Å²) in [5.74, 6) is 0. The van der Waals surface area contributed by atoms with Gasteiger partial charge in [0.05, 0.1) is 5.69 Å². The van der Waals surface area contributed by atoms with E-state index in [1.165, 1.54) is 42.1 Å². The van der Waals surface area contributed by atoms with Gasteiger partial charge in [-0.2, -0.15) is 0 Å². The molecule has 230 valence electrons. The average Bonchev–Trinajstić information content (AvgIpc) is 3.74. The quantitative estimate of drug-likeness (QED) is 0.186. The Morgan fingerprint density at radius 2 is 1.06 bits per heavy atom. The van der Waals surface area contributed by atoms with Gasteiger partial charge in [0.25, 0.3) is 0 Å². The molecule has 8 aromatic carbocycles. The van der Waals surface area contributed by atoms with Crippen molar-refractivity contribution in [3.63, 3.8) is 0 Å². The van der Waals surface area contributed by atoms with E-state index in [-0.39, 0.29) is 0 Å². The Balaban J connectivity index is 1.18. The van der Waals surface area contributed by atoms with Crippen molar-refractivity contribution in [3.05, 3.63) is 176 Å². The predicted molar refractivity (Wildman–Crippen MR) is 210 cm³/mol. The molecule has 0 radical (unpaired) electrons. The first-order valence-corrected chi connectivity index (χ1v) is 17.4. The van der Waals surface area contributed by atoms with Crippen LogP contribution >= 0.6 is 11.3 Å². The van der Waals surface area contributed by atoms with Gasteiger partial charge in [0.2, 0.25) is 0 Å². The topological polar surface area (TPSA) is 16.4 Å². The van der Waals surface area contributed by atoms with E-state index >= 15 is 0 Å². The van der Waals surface area contributed by atoms with E-state index in [1.807, 2.05) is 11.3 Å². The summed E-state index contributed by atoms with van der Waals surface area (Å²) < 4.78 is 9.51. The van der Waals surface area contributed by atoms with Crippen molar-refractivity contribution < 1.29 is 4.42 Å². The molecule has 0 fully saturated rings. The summed E-state index contributed by atoms with van der Waals surface area (Å²) >= 11 is 1.84. The Labute approximate surface area is 287 Å². The van der Waals surface area contributed by atoms with Gasteiger partial charge in [-0.1, -0.05) is 127 Å². The summed E-state index contributed by atoms with van der Waals surface area (Å²) in [4.78, 5) is 2.35. The molecule has 10 aromatic rings. The second-order valence-corrected chi connectivity index (χ2v) is 13.6. The lowest BCUT2D eigenvalue weighted by molar-refractivity contribution is 0.670. The van der Waals surface area contributed by atoms with E-state index in [0.29, 0.717) is 0 Å². The van der Waals surface area contributed by atoms with E-state index in [9.17, 15) is 0 Å². The number of furan rings is 1. The van der Waals surface area contributed by atoms with Crippen molar-refractivity contribution in [1.29, 1.82) is 0 Å². The molecule has 0 bridgehead atoms. The Kier molecular flexibility index (Phi) is 6.39. The maximum absolute atomic E-state index is 6.93. The third-order valence-electron chi connectivity index (χ3n) is 9.66. The van der Waals surface area contributed by atoms with Crippen LogP contribution in [0.25, 0.3) is 75.1 Å². The van der Waals surface area contributed by atoms with Gasteiger partial charge in [0, 0.05) is 47.9 Å². The van der Waals surface area contributed by atoms with Gasteiger partial charge in [0.1, 0.15) is 5.58 Å². The number of para-hydroxylation sites is 2. The highest BCUT2D eigenvalue weighted by atomic mass is 32.1. The van der Waals surface area contributed by atoms with Gasteiger partial charge in [-0.05, 0) is 76.0 Å². The molecule has 2 heterocycles. The van der Waals surface area contributed by atoms with Crippen LogP contribution in [0.1, 0.15) is 0 Å². The number of nitrogens with zero attached hydrogens (tertiary/aromatic N) is 1. The molecule has 0 unspecified atom stereocenters. The number of anilines is 3. The molecule has 0 saturated carbocycles. The molecule has 10 rings (SSSR count). The van der Waals surface area contributed by atoms with Gasteiger partial charge in [0.15, 0.2) is 5.58 Å². The number of hydrogen-bond acceptors (Lipinski definition) is 3. The Morgan fingerprint density at radius 1 is 0.388 bits per heavy atom. The highest BCUT2D eigenvalue weighted by molar-refractivity contribution is 7.25. The van der Waals surface area contributed by atoms with E-state index < -0.39 is 0 Å². The van der Waals surface area contributed by atoms with E-state index in [4.69, 9.17) is 4.42 Å². The van der Waals surface area contributed by atoms with Crippen LogP contribution in [0.4, 0.5) is 17.1 Å². The largest absolute Gasteiger partial charge is 0.453 e. The summed E-state index contributed by atoms with van der Waals surface area (Å²) in [6, 6.07) is 63.1. The standard InChI is InChI=1S/C46H29NOS/c1-2-11-32(12-3-1)37-15-8-16-39-40-17-9-18-42(46(40)48-45(37)39)47(36-26-27-44-41(29-36)38-14-6-7-19-43(38)49-44)35-24-22-31(23-25-35)34-21-20-30-10-4-5-13-33(30)28-34/h1-29H. The zero-order valence-corrected chi connectivity index (χ0v) is 27.3. The Bertz CT molecular complexity index is 2830. The first-order valence-electron chi connectivity index (χ1n) is 16.6. The fraction of sp³-hybridized carbons (Fsp3) is 0. The molecule has 0 aliphatic rings. The lowest BCUT2D eigenvalue weighted by Crippen LogP contribution is -2.10. The van der Waals surface area contributed by atoms with Crippen molar-refractivity contribution in [2.75, 3.05) is 4.90 Å². The fourth-order valence-electron chi connectivity index (χ4n) is 7.28. The molecule has 2 nitrogen and oxygen atoms in total. The summed E-state index contributed by atoms with van der Waals surface area (Å²) in [5, 5.41) is 7.26. The molecule has 0 atom stereocenters. The molecule has 49 heavy (non-hydrogen) atoms. The predicted octanol–water partition coefficient (Wildman–Crippen LogP) is 13.9. The van der Waals surface area contributed by atoms with Gasteiger partial charge in [-0.25, -0.2) is 0 Å². The smallest absolute Gasteiger partial charge is 0.159 e. The minimum Gasteiger partial charge on any atom is -0.453 e. The first-order chi connectivity index (χ1) is 24.3. The van der Waals surface area contributed by atoms with Crippen molar-refractivity contribution in [3.8, 4) is 22.3 Å². The van der Waals surface area contributed by atoms with Crippen molar-refractivity contribution in [1.82, 2.24) is 0 Å². The average molecular weight is 644 g/mol. The van der Waals surface area contributed by atoms with Crippen molar-refractivity contribution >= 4 is 81.3 Å². The third-order valence-corrected chi connectivity index (χ3v) is 10.8. The molecule has 0 N–H and O–H groups in total. The SMILES string of the molecule is c1ccc(-c2cccc3c2oc2c(N(c4ccc(-c5ccc6ccccc6c5)cc4)c4ccc5sc6ccccc6c5c4)cccc23)cc1. The first kappa shape index (κ1) is 27.9. The summed E-state index contributed by atoms with van der Waals surface area (Å²) in [6.07, 6.45) is 0. The normalized spacial score (nSPS) is 11.7. The van der Waals surface area contributed by atoms with Crippen LogP contribution < -0.4 is 4.90 Å². The van der Waals surface area contributed by atoms with Crippen LogP contribution in [0.2, 0.25) is 0 Å². The molecule has 0 aliphatic heterocycles. The van der Waals surface area contributed by atoms with Crippen LogP contribution in [0.15, 0.2) is 180 Å². The van der Waals surface area contributed by atoms with Crippen LogP contribution in [0.3, 0.4) is 0 Å². The number of benzene rings is 8. The minimum absolute atomic E-state index is 0.870. The number of rotatable bonds is 5. The number of thiophene rings is 1. The van der Waals surface area contributed by atoms with Crippen LogP contribution in [0.5, 0.6) is 0 Å². The Morgan fingerprint density at radius 3 is 1.94 bits per heavy atom. The Hall–Kier alpha value is -6.16. The highest BCUT2D eigenvalue weighted by Crippen LogP contribution is 2.46. The summed E-state index contributed by atoms with van der Waals surface area (Å²) in [5.41, 5.74) is 9.56. The van der Waals surface area contributed by atoms with Gasteiger partial charge in [-0.15, -0.1) is 11.3 Å². The fourth-order valence-corrected chi connectivity index (χ4v) is 8.37. The van der Waals surface area contributed by atoms with Gasteiger partial charge >= 0.3 is 0 Å². The lowest BCUT2D eigenvalue weighted by atomic mass is 10.0. The molecule has 0 saturated heterocycles. The second kappa shape index (κ2) is 11.2. The van der Waals surface area contributed by atoms with E-state index in [1.54, 1.807) is 0 Å². The minimum atomic E-state index is 0.870. The van der Waals surface area contributed by atoms with Crippen LogP contribution in [-0.2, 0) is 0 Å². The number of fused-ring (bicyclic) bond motifs is 7. The maximum Gasteiger partial charge on any atom is 0.159 e. The molecule has 0 amide bonds. The molecule has 0 spiro atoms. The van der Waals surface area contributed by atoms with Crippen LogP contribution in [0, 0.1) is 0 Å². The summed E-state index contributed by atoms with van der Waals surface area (Å²) in [7, 11) is 0. The van der Waals surface area contributed by atoms with E-state index in [0.717, 1.165) is 50.1 Å². The third kappa shape index (κ3) is 4.62. The molecular formula is C46H29NOS. The highest BCUT2D eigenvalue weighted by Gasteiger charge is 2.21. The van der Waals surface area contributed by atoms with Gasteiger partial charge < -0.3 is 9.32 Å². The number of hydrogen-bond donors (Lipinski definition) is 0.